The van der Waals surface area contributed by atoms with Crippen LogP contribution in [0.1, 0.15) is 23.3 Å². The number of fused-ring (bicyclic) bond motifs is 1. The van der Waals surface area contributed by atoms with Crippen LogP contribution in [0, 0.1) is 0 Å². The highest BCUT2D eigenvalue weighted by atomic mass is 16.5. The van der Waals surface area contributed by atoms with Crippen molar-refractivity contribution in [2.45, 2.75) is 18.9 Å². The standard InChI is InChI=1S/C17H19N3O4/c1-23-17(22)11-4-2-5-12(8-11)20-10-24-14-9-13(18-15(14)20)16(21)19-6-3-7-19/h2,4,8-9,12,18H,3,5-7,10H2,1H3. The molecule has 1 fully saturated rings. The van der Waals surface area contributed by atoms with Crippen LogP contribution in [-0.2, 0) is 9.53 Å². The van der Waals surface area contributed by atoms with Crippen molar-refractivity contribution in [3.05, 3.63) is 35.6 Å². The van der Waals surface area contributed by atoms with Gasteiger partial charge in [0.25, 0.3) is 5.91 Å². The van der Waals surface area contributed by atoms with Crippen molar-refractivity contribution in [3.8, 4) is 5.75 Å². The van der Waals surface area contributed by atoms with E-state index in [-0.39, 0.29) is 17.9 Å². The fraction of sp³-hybridized carbons (Fsp3) is 0.412. The maximum Gasteiger partial charge on any atom is 0.337 e. The van der Waals surface area contributed by atoms with Gasteiger partial charge in [-0.05, 0) is 18.9 Å². The third kappa shape index (κ3) is 2.36. The third-order valence-electron chi connectivity index (χ3n) is 4.65. The topological polar surface area (TPSA) is 74.9 Å². The van der Waals surface area contributed by atoms with Crippen molar-refractivity contribution >= 4 is 17.7 Å². The van der Waals surface area contributed by atoms with Gasteiger partial charge in [0.05, 0.1) is 18.7 Å². The van der Waals surface area contributed by atoms with Crippen molar-refractivity contribution in [2.24, 2.45) is 0 Å². The van der Waals surface area contributed by atoms with Crippen molar-refractivity contribution in [1.29, 1.82) is 0 Å². The highest BCUT2D eigenvalue weighted by molar-refractivity contribution is 5.95. The number of hydrogen-bond donors (Lipinski definition) is 1. The molecular formula is C17H19N3O4. The number of carbonyl (C=O) groups is 2. The quantitative estimate of drug-likeness (QED) is 0.850. The summed E-state index contributed by atoms with van der Waals surface area (Å²) >= 11 is 0. The molecule has 0 saturated carbocycles. The first-order valence-corrected chi connectivity index (χ1v) is 8.06. The Morgan fingerprint density at radius 1 is 1.38 bits per heavy atom. The smallest absolute Gasteiger partial charge is 0.337 e. The molecule has 0 spiro atoms. The molecule has 0 aromatic carbocycles. The lowest BCUT2D eigenvalue weighted by atomic mass is 10.0. The number of methoxy groups -OCH3 is 1. The predicted octanol–water partition coefficient (Wildman–Crippen LogP) is 1.44. The maximum absolute atomic E-state index is 12.3. The molecule has 3 aliphatic rings. The lowest BCUT2D eigenvalue weighted by Crippen LogP contribution is -2.42. The third-order valence-corrected chi connectivity index (χ3v) is 4.65. The summed E-state index contributed by atoms with van der Waals surface area (Å²) in [5.41, 5.74) is 1.08. The van der Waals surface area contributed by atoms with Gasteiger partial charge >= 0.3 is 5.97 Å². The normalized spacial score (nSPS) is 21.7. The van der Waals surface area contributed by atoms with E-state index in [1.807, 2.05) is 22.0 Å². The largest absolute Gasteiger partial charge is 0.469 e. The molecule has 1 aromatic rings. The molecule has 1 amide bonds. The molecule has 7 heteroatoms. The number of rotatable bonds is 3. The van der Waals surface area contributed by atoms with E-state index in [0.29, 0.717) is 23.7 Å². The fourth-order valence-corrected chi connectivity index (χ4v) is 3.15. The lowest BCUT2D eigenvalue weighted by Gasteiger charge is -2.30. The molecule has 1 N–H and O–H groups in total. The number of esters is 1. The number of aromatic amines is 1. The number of carbonyl (C=O) groups excluding carboxylic acids is 2. The summed E-state index contributed by atoms with van der Waals surface area (Å²) in [6, 6.07) is 1.75. The van der Waals surface area contributed by atoms with Crippen LogP contribution < -0.4 is 9.64 Å². The number of likely N-dealkylation sites (tertiary alicyclic amines) is 1. The molecule has 1 aromatic heterocycles. The minimum absolute atomic E-state index is 0.00790. The Morgan fingerprint density at radius 2 is 2.21 bits per heavy atom. The van der Waals surface area contributed by atoms with Crippen molar-refractivity contribution in [1.82, 2.24) is 9.88 Å². The molecule has 4 rings (SSSR count). The number of hydrogen-bond acceptors (Lipinski definition) is 5. The van der Waals surface area contributed by atoms with E-state index in [1.54, 1.807) is 12.1 Å². The highest BCUT2D eigenvalue weighted by Crippen LogP contribution is 2.37. The SMILES string of the molecule is COC(=O)C1=CC(N2COc3cc(C(=O)N4CCC4)[nH]c32)CC=C1. The van der Waals surface area contributed by atoms with Crippen molar-refractivity contribution < 1.29 is 19.1 Å². The Labute approximate surface area is 139 Å². The maximum atomic E-state index is 12.3. The summed E-state index contributed by atoms with van der Waals surface area (Å²) in [6.45, 7) is 2.01. The Bertz CT molecular complexity index is 745. The zero-order chi connectivity index (χ0) is 16.7. The molecule has 24 heavy (non-hydrogen) atoms. The Hall–Kier alpha value is -2.70. The van der Waals surface area contributed by atoms with Crippen LogP contribution in [0.25, 0.3) is 0 Å². The van der Waals surface area contributed by atoms with Gasteiger partial charge in [-0.15, -0.1) is 0 Å². The number of H-pyrrole nitrogens is 1. The number of anilines is 1. The summed E-state index contributed by atoms with van der Waals surface area (Å²) in [5, 5.41) is 0. The summed E-state index contributed by atoms with van der Waals surface area (Å²) < 4.78 is 10.5. The van der Waals surface area contributed by atoms with E-state index in [1.165, 1.54) is 7.11 Å². The molecule has 1 aliphatic carbocycles. The van der Waals surface area contributed by atoms with E-state index in [9.17, 15) is 9.59 Å². The molecule has 1 unspecified atom stereocenters. The molecule has 3 heterocycles. The average molecular weight is 329 g/mol. The summed E-state index contributed by atoms with van der Waals surface area (Å²) in [6.07, 6.45) is 7.42. The Balaban J connectivity index is 1.56. The first-order valence-electron chi connectivity index (χ1n) is 8.06. The van der Waals surface area contributed by atoms with Gasteiger partial charge in [-0.3, -0.25) is 4.79 Å². The Kier molecular flexibility index (Phi) is 3.55. The number of ether oxygens (including phenoxy) is 2. The zero-order valence-electron chi connectivity index (χ0n) is 13.4. The molecule has 7 nitrogen and oxygen atoms in total. The van der Waals surface area contributed by atoms with E-state index in [4.69, 9.17) is 9.47 Å². The van der Waals surface area contributed by atoms with Crippen molar-refractivity contribution in [2.75, 3.05) is 31.8 Å². The second-order valence-electron chi connectivity index (χ2n) is 6.10. The van der Waals surface area contributed by atoms with E-state index < -0.39 is 0 Å². The number of aromatic nitrogens is 1. The fourth-order valence-electron chi connectivity index (χ4n) is 3.15. The van der Waals surface area contributed by atoms with Gasteiger partial charge in [0.15, 0.2) is 18.3 Å². The molecule has 0 bridgehead atoms. The van der Waals surface area contributed by atoms with Crippen LogP contribution in [0.2, 0.25) is 0 Å². The van der Waals surface area contributed by atoms with E-state index in [0.717, 1.165) is 31.7 Å². The van der Waals surface area contributed by atoms with Crippen LogP contribution in [-0.4, -0.2) is 54.7 Å². The molecule has 2 aliphatic heterocycles. The molecule has 1 saturated heterocycles. The first kappa shape index (κ1) is 14.9. The Morgan fingerprint density at radius 3 is 2.92 bits per heavy atom. The summed E-state index contributed by atoms with van der Waals surface area (Å²) in [5.74, 6) is 1.13. The van der Waals surface area contributed by atoms with Gasteiger partial charge < -0.3 is 24.3 Å². The molecule has 126 valence electrons. The van der Waals surface area contributed by atoms with Gasteiger partial charge in [0, 0.05) is 19.2 Å². The van der Waals surface area contributed by atoms with E-state index in [2.05, 4.69) is 4.98 Å². The summed E-state index contributed by atoms with van der Waals surface area (Å²) in [7, 11) is 1.37. The average Bonchev–Trinajstić information content (AvgIpc) is 3.12. The van der Waals surface area contributed by atoms with Gasteiger partial charge in [0.1, 0.15) is 5.69 Å². The van der Waals surface area contributed by atoms with E-state index >= 15 is 0 Å². The van der Waals surface area contributed by atoms with Gasteiger partial charge in [-0.2, -0.15) is 0 Å². The summed E-state index contributed by atoms with van der Waals surface area (Å²) in [4.78, 5) is 31.1. The van der Waals surface area contributed by atoms with Crippen LogP contribution in [0.15, 0.2) is 29.9 Å². The second kappa shape index (κ2) is 5.74. The first-order chi connectivity index (χ1) is 11.7. The zero-order valence-corrected chi connectivity index (χ0v) is 13.4. The minimum Gasteiger partial charge on any atom is -0.469 e. The van der Waals surface area contributed by atoms with Crippen LogP contribution in [0.3, 0.4) is 0 Å². The molecule has 1 atom stereocenters. The molecular weight excluding hydrogens is 310 g/mol. The van der Waals surface area contributed by atoms with Crippen LogP contribution in [0.4, 0.5) is 5.82 Å². The van der Waals surface area contributed by atoms with Gasteiger partial charge in [-0.25, -0.2) is 4.79 Å². The number of amides is 1. The highest BCUT2D eigenvalue weighted by Gasteiger charge is 2.32. The number of nitrogens with zero attached hydrogens (tertiary/aromatic N) is 2. The second-order valence-corrected chi connectivity index (χ2v) is 6.10. The monoisotopic (exact) mass is 329 g/mol. The van der Waals surface area contributed by atoms with Crippen LogP contribution in [0.5, 0.6) is 5.75 Å². The van der Waals surface area contributed by atoms with Crippen LogP contribution >= 0.6 is 0 Å². The van der Waals surface area contributed by atoms with Gasteiger partial charge in [0.2, 0.25) is 0 Å². The van der Waals surface area contributed by atoms with Crippen molar-refractivity contribution in [3.63, 3.8) is 0 Å². The minimum atomic E-state index is -0.351. The number of nitrogens with one attached hydrogen (secondary N) is 1. The predicted molar refractivity (Wildman–Crippen MR) is 86.9 cm³/mol. The molecule has 0 radical (unpaired) electrons. The lowest BCUT2D eigenvalue weighted by molar-refractivity contribution is -0.135. The van der Waals surface area contributed by atoms with Gasteiger partial charge in [-0.1, -0.05) is 12.2 Å².